The molecule has 0 aliphatic heterocycles. The van der Waals surface area contributed by atoms with Gasteiger partial charge in [0.2, 0.25) is 0 Å². The van der Waals surface area contributed by atoms with Gasteiger partial charge in [-0.1, -0.05) is 30.3 Å². The van der Waals surface area contributed by atoms with E-state index in [4.69, 9.17) is 9.68 Å². The lowest BCUT2D eigenvalue weighted by Gasteiger charge is -2.22. The molecule has 1 N–H and O–H groups in total. The fraction of sp³-hybridized carbons (Fsp3) is 0.312. The van der Waals surface area contributed by atoms with Gasteiger partial charge in [0.15, 0.2) is 4.67 Å². The maximum absolute atomic E-state index is 8.81. The van der Waals surface area contributed by atoms with E-state index in [0.717, 1.165) is 16.9 Å². The number of benzene rings is 1. The lowest BCUT2D eigenvalue weighted by molar-refractivity contribution is 0.376. The number of hydrogen-bond acceptors (Lipinski definition) is 3. The van der Waals surface area contributed by atoms with Crippen LogP contribution in [0.4, 0.5) is 0 Å². The summed E-state index contributed by atoms with van der Waals surface area (Å²) in [4.78, 5) is 0. The molecule has 0 aliphatic carbocycles. The lowest BCUT2D eigenvalue weighted by Crippen LogP contribution is -2.24. The zero-order valence-electron chi connectivity index (χ0n) is 11.3. The Hall–Kier alpha value is -1.57. The number of hydrogen-bond donors (Lipinski definition) is 1. The van der Waals surface area contributed by atoms with Gasteiger partial charge in [0, 0.05) is 12.5 Å². The number of nitriles is 1. The molecule has 104 valence electrons. The van der Waals surface area contributed by atoms with Crippen LogP contribution in [0.15, 0.2) is 51.6 Å². The Morgan fingerprint density at radius 3 is 2.60 bits per heavy atom. The number of rotatable bonds is 6. The first-order valence-electron chi connectivity index (χ1n) is 6.64. The third-order valence-electron chi connectivity index (χ3n) is 3.22. The van der Waals surface area contributed by atoms with Crippen LogP contribution < -0.4 is 5.32 Å². The molecular weight excluding hydrogens is 316 g/mol. The van der Waals surface area contributed by atoms with Gasteiger partial charge in [-0.05, 0) is 47.0 Å². The third kappa shape index (κ3) is 3.96. The molecule has 0 saturated heterocycles. The fourth-order valence-corrected chi connectivity index (χ4v) is 2.50. The molecule has 20 heavy (non-hydrogen) atoms. The van der Waals surface area contributed by atoms with Gasteiger partial charge < -0.3 is 9.73 Å². The number of halogens is 1. The van der Waals surface area contributed by atoms with Gasteiger partial charge in [-0.2, -0.15) is 5.26 Å². The number of nitrogens with one attached hydrogen (secondary N) is 1. The van der Waals surface area contributed by atoms with Crippen LogP contribution in [0.3, 0.4) is 0 Å². The van der Waals surface area contributed by atoms with Crippen molar-refractivity contribution in [2.45, 2.75) is 31.8 Å². The summed E-state index contributed by atoms with van der Waals surface area (Å²) in [5.74, 6) is 0.884. The summed E-state index contributed by atoms with van der Waals surface area (Å²) in [5, 5.41) is 12.3. The van der Waals surface area contributed by atoms with Gasteiger partial charge >= 0.3 is 0 Å². The molecule has 2 rings (SSSR count). The van der Waals surface area contributed by atoms with Crippen molar-refractivity contribution < 1.29 is 4.42 Å². The van der Waals surface area contributed by atoms with E-state index in [9.17, 15) is 0 Å². The van der Waals surface area contributed by atoms with Crippen molar-refractivity contribution in [2.75, 3.05) is 0 Å². The molecule has 0 aliphatic rings. The molecule has 1 aromatic heterocycles. The van der Waals surface area contributed by atoms with Crippen molar-refractivity contribution in [3.05, 3.63) is 58.5 Å². The Labute approximate surface area is 127 Å². The minimum Gasteiger partial charge on any atom is -0.453 e. The van der Waals surface area contributed by atoms with Gasteiger partial charge in [-0.3, -0.25) is 0 Å². The monoisotopic (exact) mass is 332 g/mol. The molecule has 3 nitrogen and oxygen atoms in total. The fourth-order valence-electron chi connectivity index (χ4n) is 2.19. The highest BCUT2D eigenvalue weighted by molar-refractivity contribution is 9.10. The second-order valence-electron chi connectivity index (χ2n) is 4.69. The Kier molecular flexibility index (Phi) is 5.40. The maximum Gasteiger partial charge on any atom is 0.169 e. The van der Waals surface area contributed by atoms with Gasteiger partial charge in [-0.25, -0.2) is 0 Å². The summed E-state index contributed by atoms with van der Waals surface area (Å²) >= 11 is 3.32. The zero-order chi connectivity index (χ0) is 14.4. The molecule has 0 saturated carbocycles. The number of nitrogens with zero attached hydrogens (tertiary/aromatic N) is 1. The maximum atomic E-state index is 8.81. The van der Waals surface area contributed by atoms with E-state index in [1.54, 1.807) is 0 Å². The van der Waals surface area contributed by atoms with Crippen molar-refractivity contribution >= 4 is 15.9 Å². The third-order valence-corrected chi connectivity index (χ3v) is 3.64. The van der Waals surface area contributed by atoms with E-state index < -0.39 is 0 Å². The van der Waals surface area contributed by atoms with Crippen molar-refractivity contribution in [3.63, 3.8) is 0 Å². The standard InChI is InChI=1S/C16H17BrN2O/c1-12(15-9-10-16(17)20-15)19-14(8-5-11-18)13-6-3-2-4-7-13/h2-4,6-7,9-10,12,14,19H,5,8H2,1H3/t12-,14+/m1/s1. The van der Waals surface area contributed by atoms with Crippen LogP contribution in [0, 0.1) is 11.3 Å². The molecule has 2 aromatic rings. The Morgan fingerprint density at radius 2 is 2.00 bits per heavy atom. The minimum absolute atomic E-state index is 0.0881. The molecule has 0 unspecified atom stereocenters. The highest BCUT2D eigenvalue weighted by atomic mass is 79.9. The highest BCUT2D eigenvalue weighted by Gasteiger charge is 2.17. The van der Waals surface area contributed by atoms with Crippen molar-refractivity contribution in [3.8, 4) is 6.07 Å². The average molecular weight is 333 g/mol. The molecule has 1 aromatic carbocycles. The molecule has 0 bridgehead atoms. The second kappa shape index (κ2) is 7.28. The molecular formula is C16H17BrN2O. The summed E-state index contributed by atoms with van der Waals surface area (Å²) in [7, 11) is 0. The Balaban J connectivity index is 2.10. The van der Waals surface area contributed by atoms with Crippen molar-refractivity contribution in [2.24, 2.45) is 0 Å². The van der Waals surface area contributed by atoms with Crippen molar-refractivity contribution in [1.29, 1.82) is 5.26 Å². The van der Waals surface area contributed by atoms with Crippen LogP contribution in [0.5, 0.6) is 0 Å². The second-order valence-corrected chi connectivity index (χ2v) is 5.47. The first kappa shape index (κ1) is 14.8. The van der Waals surface area contributed by atoms with Crippen LogP contribution in [-0.2, 0) is 0 Å². The first-order valence-corrected chi connectivity index (χ1v) is 7.43. The summed E-state index contributed by atoms with van der Waals surface area (Å²) in [5.41, 5.74) is 1.19. The molecule has 0 radical (unpaired) electrons. The highest BCUT2D eigenvalue weighted by Crippen LogP contribution is 2.25. The molecule has 0 spiro atoms. The molecule has 0 amide bonds. The zero-order valence-corrected chi connectivity index (χ0v) is 12.9. The smallest absolute Gasteiger partial charge is 0.169 e. The normalized spacial score (nSPS) is 13.7. The van der Waals surface area contributed by atoms with E-state index in [1.807, 2.05) is 30.3 Å². The van der Waals surface area contributed by atoms with Crippen LogP contribution in [0.25, 0.3) is 0 Å². The van der Waals surface area contributed by atoms with Gasteiger partial charge in [-0.15, -0.1) is 0 Å². The van der Waals surface area contributed by atoms with Gasteiger partial charge in [0.25, 0.3) is 0 Å². The molecule has 0 fully saturated rings. The van der Waals surface area contributed by atoms with E-state index in [2.05, 4.69) is 46.4 Å². The summed E-state index contributed by atoms with van der Waals surface area (Å²) in [6.07, 6.45) is 1.31. The predicted octanol–water partition coefficient (Wildman–Crippen LogP) is 4.74. The number of furan rings is 1. The van der Waals surface area contributed by atoms with E-state index in [-0.39, 0.29) is 12.1 Å². The first-order chi connectivity index (χ1) is 9.70. The predicted molar refractivity (Wildman–Crippen MR) is 82.0 cm³/mol. The minimum atomic E-state index is 0.0881. The molecule has 4 heteroatoms. The topological polar surface area (TPSA) is 49.0 Å². The Morgan fingerprint density at radius 1 is 1.25 bits per heavy atom. The van der Waals surface area contributed by atoms with Gasteiger partial charge in [0.05, 0.1) is 12.1 Å². The molecule has 2 atom stereocenters. The van der Waals surface area contributed by atoms with E-state index >= 15 is 0 Å². The van der Waals surface area contributed by atoms with E-state index in [1.165, 1.54) is 5.56 Å². The van der Waals surface area contributed by atoms with Crippen molar-refractivity contribution in [1.82, 2.24) is 5.32 Å². The van der Waals surface area contributed by atoms with Crippen LogP contribution in [0.1, 0.15) is 43.2 Å². The van der Waals surface area contributed by atoms with Gasteiger partial charge in [0.1, 0.15) is 5.76 Å². The summed E-state index contributed by atoms with van der Waals surface area (Å²) in [6, 6.07) is 16.5. The SMILES string of the molecule is C[C@@H](N[C@@H](CCC#N)c1ccccc1)c1ccc(Br)o1. The quantitative estimate of drug-likeness (QED) is 0.831. The van der Waals surface area contributed by atoms with Crippen LogP contribution in [-0.4, -0.2) is 0 Å². The van der Waals surface area contributed by atoms with Crippen LogP contribution in [0.2, 0.25) is 0 Å². The molecule has 1 heterocycles. The average Bonchev–Trinajstić information content (AvgIpc) is 2.91. The summed E-state index contributed by atoms with van der Waals surface area (Å²) in [6.45, 7) is 2.06. The Bertz CT molecular complexity index is 574. The summed E-state index contributed by atoms with van der Waals surface area (Å²) < 4.78 is 6.31. The largest absolute Gasteiger partial charge is 0.453 e. The lowest BCUT2D eigenvalue weighted by atomic mass is 10.0. The van der Waals surface area contributed by atoms with Crippen LogP contribution >= 0.6 is 15.9 Å². The van der Waals surface area contributed by atoms with E-state index in [0.29, 0.717) is 6.42 Å².